The lowest BCUT2D eigenvalue weighted by Crippen LogP contribution is -2.34. The van der Waals surface area contributed by atoms with E-state index in [1.807, 2.05) is 5.38 Å². The molecule has 0 radical (unpaired) electrons. The van der Waals surface area contributed by atoms with Gasteiger partial charge < -0.3 is 15.0 Å². The first kappa shape index (κ1) is 18.5. The highest BCUT2D eigenvalue weighted by Gasteiger charge is 2.36. The number of hydrogen-bond acceptors (Lipinski definition) is 7. The number of halogens is 2. The van der Waals surface area contributed by atoms with E-state index < -0.39 is 12.6 Å². The highest BCUT2D eigenvalue weighted by Crippen LogP contribution is 2.37. The molecular weight excluding hydrogens is 390 g/mol. The van der Waals surface area contributed by atoms with Gasteiger partial charge in [0.15, 0.2) is 10.8 Å². The number of amidine groups is 1. The number of amides is 1. The molecule has 4 heterocycles. The van der Waals surface area contributed by atoms with Gasteiger partial charge in [-0.25, -0.2) is 14.5 Å². The summed E-state index contributed by atoms with van der Waals surface area (Å²) in [5, 5.41) is 9.17. The van der Waals surface area contributed by atoms with Crippen LogP contribution in [0.2, 0.25) is 0 Å². The number of aromatic nitrogens is 3. The molecule has 8 nitrogen and oxygen atoms in total. The number of fused-ring (bicyclic) bond motifs is 1. The number of aliphatic imine (C=N–C) groups is 1. The molecule has 1 unspecified atom stereocenters. The fourth-order valence-corrected chi connectivity index (χ4v) is 4.11. The lowest BCUT2D eigenvalue weighted by Gasteiger charge is -2.27. The van der Waals surface area contributed by atoms with Crippen LogP contribution in [0.4, 0.5) is 13.6 Å². The molecule has 1 amide bonds. The number of ether oxygens (including phenoxy) is 1. The maximum Gasteiger partial charge on any atom is 0.406 e. The highest BCUT2D eigenvalue weighted by atomic mass is 32.1. The van der Waals surface area contributed by atoms with E-state index in [0.29, 0.717) is 36.3 Å². The number of alkyl halides is 2. The highest BCUT2D eigenvalue weighted by molar-refractivity contribution is 7.11. The van der Waals surface area contributed by atoms with Gasteiger partial charge in [-0.15, -0.1) is 11.3 Å². The Balaban J connectivity index is 1.64. The van der Waals surface area contributed by atoms with Gasteiger partial charge in [-0.3, -0.25) is 4.99 Å². The standard InChI is InChI=1S/C17H18F2N6O2S/c1-27-17(26)22-5-10-4-13-12(11-6-23-25(9-11)16(18)19)7-21-14(24(13)8-10)15-20-2-3-28-15/h2-3,6,9-10,16H,4-5,7-8H2,1H3,(H,22,26). The summed E-state index contributed by atoms with van der Waals surface area (Å²) in [6.07, 6.45) is 4.71. The summed E-state index contributed by atoms with van der Waals surface area (Å²) in [6, 6.07) is 0. The third kappa shape index (κ3) is 3.49. The molecule has 0 bridgehead atoms. The fraction of sp³-hybridized carbons (Fsp3) is 0.412. The number of thiazole rings is 1. The van der Waals surface area contributed by atoms with Gasteiger partial charge in [-0.1, -0.05) is 0 Å². The molecule has 148 valence electrons. The van der Waals surface area contributed by atoms with Crippen LogP contribution in [0, 0.1) is 5.92 Å². The van der Waals surface area contributed by atoms with Crippen molar-refractivity contribution in [2.24, 2.45) is 10.9 Å². The molecule has 11 heteroatoms. The number of carbonyl (C=O) groups excluding carboxylic acids is 1. The van der Waals surface area contributed by atoms with E-state index in [0.717, 1.165) is 22.1 Å². The van der Waals surface area contributed by atoms with E-state index in [1.165, 1.54) is 30.8 Å². The zero-order chi connectivity index (χ0) is 19.7. The van der Waals surface area contributed by atoms with Gasteiger partial charge in [-0.05, 0) is 12.3 Å². The maximum atomic E-state index is 12.9. The van der Waals surface area contributed by atoms with Gasteiger partial charge in [0.2, 0.25) is 0 Å². The molecule has 0 spiro atoms. The Morgan fingerprint density at radius 2 is 2.36 bits per heavy atom. The molecule has 1 saturated heterocycles. The summed E-state index contributed by atoms with van der Waals surface area (Å²) in [6.45, 7) is -1.23. The van der Waals surface area contributed by atoms with Crippen LogP contribution in [0.25, 0.3) is 5.57 Å². The normalized spacial score (nSPS) is 19.1. The Morgan fingerprint density at radius 3 is 3.04 bits per heavy atom. The minimum atomic E-state index is -2.69. The number of allylic oxidation sites excluding steroid dienone is 1. The molecule has 2 aromatic heterocycles. The van der Waals surface area contributed by atoms with E-state index in [1.54, 1.807) is 6.20 Å². The second kappa shape index (κ2) is 7.66. The van der Waals surface area contributed by atoms with E-state index >= 15 is 0 Å². The minimum Gasteiger partial charge on any atom is -0.453 e. The van der Waals surface area contributed by atoms with Crippen LogP contribution in [0.1, 0.15) is 23.5 Å². The average molecular weight is 408 g/mol. The molecule has 4 rings (SSSR count). The lowest BCUT2D eigenvalue weighted by molar-refractivity contribution is 0.0566. The van der Waals surface area contributed by atoms with Gasteiger partial charge in [0.25, 0.3) is 0 Å². The molecule has 2 aliphatic heterocycles. The first-order chi connectivity index (χ1) is 13.6. The molecule has 0 aliphatic carbocycles. The third-order valence-electron chi connectivity index (χ3n) is 4.73. The summed E-state index contributed by atoms with van der Waals surface area (Å²) in [5.74, 6) is 0.910. The minimum absolute atomic E-state index is 0.137. The number of alkyl carbamates (subject to hydrolysis) is 1. The second-order valence-electron chi connectivity index (χ2n) is 6.44. The lowest BCUT2D eigenvalue weighted by atomic mass is 10.0. The Hall–Kier alpha value is -2.82. The van der Waals surface area contributed by atoms with Crippen molar-refractivity contribution in [3.8, 4) is 0 Å². The van der Waals surface area contributed by atoms with E-state index in [-0.39, 0.29) is 5.92 Å². The van der Waals surface area contributed by atoms with Crippen molar-refractivity contribution in [3.05, 3.63) is 40.2 Å². The van der Waals surface area contributed by atoms with Crippen molar-refractivity contribution in [2.45, 2.75) is 13.0 Å². The largest absolute Gasteiger partial charge is 0.453 e. The Bertz CT molecular complexity index is 924. The molecule has 1 N–H and O–H groups in total. The number of methoxy groups -OCH3 is 1. The van der Waals surface area contributed by atoms with Crippen LogP contribution in [-0.2, 0) is 4.74 Å². The SMILES string of the molecule is COC(=O)NCC1CC2=C(c3cnn(C(F)F)c3)CN=C(c3nccs3)N2C1. The fourth-order valence-electron chi connectivity index (χ4n) is 3.46. The third-order valence-corrected chi connectivity index (χ3v) is 5.50. The smallest absolute Gasteiger partial charge is 0.406 e. The molecule has 2 aliphatic rings. The van der Waals surface area contributed by atoms with Gasteiger partial charge in [-0.2, -0.15) is 13.9 Å². The van der Waals surface area contributed by atoms with Gasteiger partial charge in [0, 0.05) is 47.7 Å². The predicted octanol–water partition coefficient (Wildman–Crippen LogP) is 2.58. The van der Waals surface area contributed by atoms with Crippen molar-refractivity contribution in [3.63, 3.8) is 0 Å². The Kier molecular flexibility index (Phi) is 5.07. The van der Waals surface area contributed by atoms with Crippen LogP contribution in [0.15, 0.2) is 34.7 Å². The van der Waals surface area contributed by atoms with E-state index in [9.17, 15) is 13.6 Å². The summed E-state index contributed by atoms with van der Waals surface area (Å²) < 4.78 is 31.1. The van der Waals surface area contributed by atoms with Crippen LogP contribution < -0.4 is 5.32 Å². The van der Waals surface area contributed by atoms with E-state index in [2.05, 4.69) is 30.0 Å². The van der Waals surface area contributed by atoms with Crippen LogP contribution in [0.3, 0.4) is 0 Å². The molecule has 0 aromatic carbocycles. The summed E-state index contributed by atoms with van der Waals surface area (Å²) in [4.78, 5) is 22.5. The average Bonchev–Trinajstić information content (AvgIpc) is 3.45. The van der Waals surface area contributed by atoms with Crippen molar-refractivity contribution in [2.75, 3.05) is 26.7 Å². The Labute approximate surface area is 163 Å². The zero-order valence-electron chi connectivity index (χ0n) is 15.0. The molecule has 2 aromatic rings. The number of hydrogen-bond donors (Lipinski definition) is 1. The Morgan fingerprint density at radius 1 is 1.50 bits per heavy atom. The van der Waals surface area contributed by atoms with Crippen LogP contribution >= 0.6 is 11.3 Å². The van der Waals surface area contributed by atoms with Crippen molar-refractivity contribution in [1.82, 2.24) is 25.0 Å². The van der Waals surface area contributed by atoms with E-state index in [4.69, 9.17) is 0 Å². The number of nitrogens with one attached hydrogen (secondary N) is 1. The first-order valence-electron chi connectivity index (χ1n) is 8.65. The zero-order valence-corrected chi connectivity index (χ0v) is 15.8. The molecule has 0 saturated carbocycles. The second-order valence-corrected chi connectivity index (χ2v) is 7.34. The predicted molar refractivity (Wildman–Crippen MR) is 99.1 cm³/mol. The maximum absolute atomic E-state index is 12.9. The molecule has 28 heavy (non-hydrogen) atoms. The van der Waals surface area contributed by atoms with Gasteiger partial charge in [0.1, 0.15) is 0 Å². The monoisotopic (exact) mass is 408 g/mol. The van der Waals surface area contributed by atoms with Crippen molar-refractivity contribution in [1.29, 1.82) is 0 Å². The number of carbonyl (C=O) groups is 1. The topological polar surface area (TPSA) is 84.6 Å². The summed E-state index contributed by atoms with van der Waals surface area (Å²) in [7, 11) is 1.32. The quantitative estimate of drug-likeness (QED) is 0.822. The summed E-state index contributed by atoms with van der Waals surface area (Å²) in [5.41, 5.74) is 2.50. The molecular formula is C17H18F2N6O2S. The molecule has 1 atom stereocenters. The molecule has 1 fully saturated rings. The van der Waals surface area contributed by atoms with Gasteiger partial charge in [0.05, 0.1) is 19.9 Å². The first-order valence-corrected chi connectivity index (χ1v) is 9.53. The van der Waals surface area contributed by atoms with Gasteiger partial charge >= 0.3 is 12.6 Å². The van der Waals surface area contributed by atoms with Crippen LogP contribution in [0.5, 0.6) is 0 Å². The van der Waals surface area contributed by atoms with Crippen molar-refractivity contribution < 1.29 is 18.3 Å². The van der Waals surface area contributed by atoms with Crippen molar-refractivity contribution >= 4 is 28.8 Å². The summed E-state index contributed by atoms with van der Waals surface area (Å²) >= 11 is 1.50. The van der Waals surface area contributed by atoms with Crippen LogP contribution in [-0.4, -0.2) is 58.3 Å². The number of rotatable bonds is 5. The number of nitrogens with zero attached hydrogens (tertiary/aromatic N) is 5.